The number of nitrogens with zero attached hydrogens (tertiary/aromatic N) is 1. The number of hydrogen-bond donors (Lipinski definition) is 1. The zero-order valence-corrected chi connectivity index (χ0v) is 11.9. The lowest BCUT2D eigenvalue weighted by molar-refractivity contribution is 0.0961. The molecule has 0 spiro atoms. The van der Waals surface area contributed by atoms with Crippen LogP contribution in [0.5, 0.6) is 0 Å². The number of hydrogen-bond acceptors (Lipinski definition) is 3. The average Bonchev–Trinajstić information content (AvgIpc) is 3.03. The Morgan fingerprint density at radius 3 is 2.76 bits per heavy atom. The Labute approximate surface area is 124 Å². The molecule has 1 fully saturated rings. The van der Waals surface area contributed by atoms with Crippen molar-refractivity contribution in [2.45, 2.75) is 31.5 Å². The summed E-state index contributed by atoms with van der Waals surface area (Å²) in [7, 11) is 0. The molecule has 0 saturated carbocycles. The van der Waals surface area contributed by atoms with E-state index in [0.29, 0.717) is 12.1 Å². The van der Waals surface area contributed by atoms with Gasteiger partial charge in [-0.15, -0.1) is 0 Å². The number of benzene rings is 1. The Morgan fingerprint density at radius 2 is 2.05 bits per heavy atom. The van der Waals surface area contributed by atoms with E-state index in [-0.39, 0.29) is 11.7 Å². The lowest BCUT2D eigenvalue weighted by Gasteiger charge is -2.16. The summed E-state index contributed by atoms with van der Waals surface area (Å²) in [5.74, 6) is 0. The molecule has 2 atom stereocenters. The van der Waals surface area contributed by atoms with E-state index in [2.05, 4.69) is 0 Å². The van der Waals surface area contributed by atoms with Crippen LogP contribution in [0.15, 0.2) is 53.5 Å². The number of ether oxygens (including phenoxy) is 1. The Balaban J connectivity index is 1.87. The molecular weight excluding hydrogens is 264 g/mol. The minimum absolute atomic E-state index is 0.0237. The summed E-state index contributed by atoms with van der Waals surface area (Å²) in [5.41, 5.74) is 7.80. The van der Waals surface area contributed by atoms with Gasteiger partial charge in [0.05, 0.1) is 18.7 Å². The standard InChI is InChI=1S/C17H20N2O2/c18-16(13-6-2-1-3-7-13)15-9-4-10-19(17(15)20)12-14-8-5-11-21-14/h1-4,6-7,9-10,14,16H,5,8,11-12,18H2. The highest BCUT2D eigenvalue weighted by Gasteiger charge is 2.18. The molecule has 1 saturated heterocycles. The topological polar surface area (TPSA) is 57.2 Å². The first-order valence-electron chi connectivity index (χ1n) is 7.37. The maximum Gasteiger partial charge on any atom is 0.255 e. The second-order valence-corrected chi connectivity index (χ2v) is 5.44. The molecule has 1 aromatic carbocycles. The van der Waals surface area contributed by atoms with Crippen LogP contribution in [0.2, 0.25) is 0 Å². The highest BCUT2D eigenvalue weighted by molar-refractivity contribution is 5.29. The van der Waals surface area contributed by atoms with Crippen molar-refractivity contribution in [3.63, 3.8) is 0 Å². The number of pyridine rings is 1. The number of rotatable bonds is 4. The highest BCUT2D eigenvalue weighted by atomic mass is 16.5. The van der Waals surface area contributed by atoms with Gasteiger partial charge >= 0.3 is 0 Å². The van der Waals surface area contributed by atoms with Gasteiger partial charge in [0.25, 0.3) is 5.56 Å². The first kappa shape index (κ1) is 14.0. The van der Waals surface area contributed by atoms with Gasteiger partial charge in [0, 0.05) is 18.4 Å². The highest BCUT2D eigenvalue weighted by Crippen LogP contribution is 2.17. The minimum Gasteiger partial charge on any atom is -0.376 e. The van der Waals surface area contributed by atoms with Crippen molar-refractivity contribution in [3.8, 4) is 0 Å². The molecule has 1 aromatic heterocycles. The van der Waals surface area contributed by atoms with Gasteiger partial charge in [0.2, 0.25) is 0 Å². The van der Waals surface area contributed by atoms with E-state index < -0.39 is 6.04 Å². The van der Waals surface area contributed by atoms with Crippen LogP contribution in [0.3, 0.4) is 0 Å². The Hall–Kier alpha value is -1.91. The van der Waals surface area contributed by atoms with Crippen LogP contribution < -0.4 is 11.3 Å². The molecule has 0 radical (unpaired) electrons. The third-order valence-electron chi connectivity index (χ3n) is 3.97. The second kappa shape index (κ2) is 6.24. The van der Waals surface area contributed by atoms with Crippen molar-refractivity contribution in [3.05, 3.63) is 70.1 Å². The van der Waals surface area contributed by atoms with Crippen molar-refractivity contribution in [1.29, 1.82) is 0 Å². The third kappa shape index (κ3) is 3.06. The fourth-order valence-electron chi connectivity index (χ4n) is 2.78. The van der Waals surface area contributed by atoms with Crippen molar-refractivity contribution in [2.24, 2.45) is 5.73 Å². The quantitative estimate of drug-likeness (QED) is 0.935. The SMILES string of the molecule is NC(c1ccccc1)c1cccn(CC2CCCO2)c1=O. The molecule has 2 heterocycles. The molecular formula is C17H20N2O2. The Bertz CT molecular complexity index is 645. The molecule has 1 aliphatic rings. The van der Waals surface area contributed by atoms with Gasteiger partial charge in [-0.3, -0.25) is 4.79 Å². The summed E-state index contributed by atoms with van der Waals surface area (Å²) < 4.78 is 7.32. The maximum absolute atomic E-state index is 12.6. The maximum atomic E-state index is 12.6. The van der Waals surface area contributed by atoms with Crippen LogP contribution in [0, 0.1) is 0 Å². The zero-order valence-electron chi connectivity index (χ0n) is 11.9. The van der Waals surface area contributed by atoms with Gasteiger partial charge in [-0.25, -0.2) is 0 Å². The zero-order chi connectivity index (χ0) is 14.7. The normalized spacial score (nSPS) is 19.6. The monoisotopic (exact) mass is 284 g/mol. The Kier molecular flexibility index (Phi) is 4.18. The van der Waals surface area contributed by atoms with Crippen molar-refractivity contribution < 1.29 is 4.74 Å². The molecule has 2 N–H and O–H groups in total. The summed E-state index contributed by atoms with van der Waals surface area (Å²) in [6.07, 6.45) is 4.04. The fraction of sp³-hybridized carbons (Fsp3) is 0.353. The molecule has 2 unspecified atom stereocenters. The molecule has 110 valence electrons. The van der Waals surface area contributed by atoms with Crippen LogP contribution in [0.4, 0.5) is 0 Å². The van der Waals surface area contributed by atoms with Crippen molar-refractivity contribution in [1.82, 2.24) is 4.57 Å². The fourth-order valence-corrected chi connectivity index (χ4v) is 2.78. The summed E-state index contributed by atoms with van der Waals surface area (Å²) in [4.78, 5) is 12.6. The smallest absolute Gasteiger partial charge is 0.255 e. The molecule has 4 nitrogen and oxygen atoms in total. The van der Waals surface area contributed by atoms with E-state index in [0.717, 1.165) is 25.0 Å². The predicted octanol–water partition coefficient (Wildman–Crippen LogP) is 2.08. The molecule has 0 aliphatic carbocycles. The van der Waals surface area contributed by atoms with Gasteiger partial charge in [-0.1, -0.05) is 36.4 Å². The minimum atomic E-state index is -0.393. The van der Waals surface area contributed by atoms with E-state index >= 15 is 0 Å². The predicted molar refractivity (Wildman–Crippen MR) is 82.1 cm³/mol. The lowest BCUT2D eigenvalue weighted by Crippen LogP contribution is -2.31. The van der Waals surface area contributed by atoms with Crippen LogP contribution in [-0.2, 0) is 11.3 Å². The van der Waals surface area contributed by atoms with E-state index in [4.69, 9.17) is 10.5 Å². The lowest BCUT2D eigenvalue weighted by atomic mass is 10.0. The van der Waals surface area contributed by atoms with Crippen LogP contribution in [-0.4, -0.2) is 17.3 Å². The number of nitrogens with two attached hydrogens (primary N) is 1. The molecule has 4 heteroatoms. The van der Waals surface area contributed by atoms with Gasteiger partial charge in [0.15, 0.2) is 0 Å². The summed E-state index contributed by atoms with van der Waals surface area (Å²) in [6.45, 7) is 1.40. The first-order chi connectivity index (χ1) is 10.3. The van der Waals surface area contributed by atoms with E-state index in [1.54, 1.807) is 4.57 Å². The van der Waals surface area contributed by atoms with Crippen LogP contribution in [0.1, 0.15) is 30.0 Å². The molecule has 1 aliphatic heterocycles. The van der Waals surface area contributed by atoms with E-state index in [9.17, 15) is 4.79 Å². The molecule has 21 heavy (non-hydrogen) atoms. The second-order valence-electron chi connectivity index (χ2n) is 5.44. The average molecular weight is 284 g/mol. The van der Waals surface area contributed by atoms with E-state index in [1.165, 1.54) is 0 Å². The molecule has 2 aromatic rings. The summed E-state index contributed by atoms with van der Waals surface area (Å²) >= 11 is 0. The van der Waals surface area contributed by atoms with Crippen LogP contribution in [0.25, 0.3) is 0 Å². The van der Waals surface area contributed by atoms with Crippen molar-refractivity contribution >= 4 is 0 Å². The van der Waals surface area contributed by atoms with Crippen molar-refractivity contribution in [2.75, 3.05) is 6.61 Å². The third-order valence-corrected chi connectivity index (χ3v) is 3.97. The van der Waals surface area contributed by atoms with Gasteiger partial charge < -0.3 is 15.0 Å². The molecule has 3 rings (SSSR count). The molecule has 0 amide bonds. The van der Waals surface area contributed by atoms with E-state index in [1.807, 2.05) is 48.7 Å². The number of aromatic nitrogens is 1. The molecule has 0 bridgehead atoms. The van der Waals surface area contributed by atoms with Gasteiger partial charge in [-0.2, -0.15) is 0 Å². The first-order valence-corrected chi connectivity index (χ1v) is 7.37. The summed E-state index contributed by atoms with van der Waals surface area (Å²) in [5, 5.41) is 0. The van der Waals surface area contributed by atoms with Gasteiger partial charge in [-0.05, 0) is 24.5 Å². The largest absolute Gasteiger partial charge is 0.376 e. The Morgan fingerprint density at radius 1 is 1.24 bits per heavy atom. The van der Waals surface area contributed by atoms with Gasteiger partial charge in [0.1, 0.15) is 0 Å². The van der Waals surface area contributed by atoms with Crippen LogP contribution >= 0.6 is 0 Å². The summed E-state index contributed by atoms with van der Waals surface area (Å²) in [6, 6.07) is 13.0.